The number of carbonyl (C=O) groups excluding carboxylic acids is 1. The molecule has 142 valence electrons. The topological polar surface area (TPSA) is 39.7 Å². The highest BCUT2D eigenvalue weighted by Gasteiger charge is 2.36. The van der Waals surface area contributed by atoms with Gasteiger partial charge in [0.1, 0.15) is 5.82 Å². The Morgan fingerprint density at radius 2 is 1.63 bits per heavy atom. The lowest BCUT2D eigenvalue weighted by Crippen LogP contribution is -2.54. The number of hydrogen-bond acceptors (Lipinski definition) is 4. The Kier molecular flexibility index (Phi) is 4.48. The summed E-state index contributed by atoms with van der Waals surface area (Å²) >= 11 is 0. The quantitative estimate of drug-likeness (QED) is 0.840. The van der Waals surface area contributed by atoms with Crippen LogP contribution < -0.4 is 4.90 Å². The van der Waals surface area contributed by atoms with Gasteiger partial charge in [0.25, 0.3) is 0 Å². The van der Waals surface area contributed by atoms with E-state index in [4.69, 9.17) is 0 Å². The number of carbonyl (C=O) groups is 1. The second-order valence-corrected chi connectivity index (χ2v) is 8.21. The van der Waals surface area contributed by atoms with E-state index in [2.05, 4.69) is 50.0 Å². The molecule has 2 aliphatic heterocycles. The summed E-state index contributed by atoms with van der Waals surface area (Å²) in [5.74, 6) is 1.90. The average Bonchev–Trinajstić information content (AvgIpc) is 3.59. The predicted molar refractivity (Wildman–Crippen MR) is 108 cm³/mol. The number of piperazine rings is 1. The van der Waals surface area contributed by atoms with E-state index in [-0.39, 0.29) is 0 Å². The zero-order chi connectivity index (χ0) is 18.2. The number of rotatable bonds is 3. The molecule has 5 heteroatoms. The Morgan fingerprint density at radius 3 is 2.37 bits per heavy atom. The van der Waals surface area contributed by atoms with Crippen LogP contribution >= 0.6 is 0 Å². The van der Waals surface area contributed by atoms with E-state index in [9.17, 15) is 4.79 Å². The Bertz CT molecular complexity index is 813. The second-order valence-electron chi connectivity index (χ2n) is 8.21. The zero-order valence-corrected chi connectivity index (χ0v) is 15.9. The van der Waals surface area contributed by atoms with Crippen molar-refractivity contribution >= 4 is 22.5 Å². The summed E-state index contributed by atoms with van der Waals surface area (Å²) in [5, 5.41) is 2.51. The molecule has 0 radical (unpaired) electrons. The van der Waals surface area contributed by atoms with Crippen LogP contribution in [-0.2, 0) is 4.79 Å². The Morgan fingerprint density at radius 1 is 0.889 bits per heavy atom. The first-order chi connectivity index (χ1) is 13.3. The first kappa shape index (κ1) is 17.0. The van der Waals surface area contributed by atoms with Crippen molar-refractivity contribution in [1.29, 1.82) is 0 Å². The molecule has 1 aromatic heterocycles. The molecular weight excluding hydrogens is 336 g/mol. The number of nitrogens with zero attached hydrogens (tertiary/aromatic N) is 4. The predicted octanol–water partition coefficient (Wildman–Crippen LogP) is 2.76. The highest BCUT2D eigenvalue weighted by molar-refractivity contribution is 5.92. The molecule has 0 spiro atoms. The largest absolute Gasteiger partial charge is 0.354 e. The standard InChI is InChI=1S/C22H28N4O/c27-22(18-5-6-18)26-11-8-19(9-12-26)24-13-15-25(16-14-24)21-20-4-2-1-3-17(20)7-10-23-21/h1-4,7,10,18-19H,5-6,8-9,11-16H2. The normalized spacial score (nSPS) is 22.4. The van der Waals surface area contributed by atoms with Crippen molar-refractivity contribution in [3.05, 3.63) is 36.5 Å². The molecule has 3 heterocycles. The van der Waals surface area contributed by atoms with Crippen LogP contribution in [0.4, 0.5) is 5.82 Å². The van der Waals surface area contributed by atoms with E-state index in [1.165, 1.54) is 10.8 Å². The highest BCUT2D eigenvalue weighted by Crippen LogP contribution is 2.32. The van der Waals surface area contributed by atoms with Crippen LogP contribution in [0.5, 0.6) is 0 Å². The number of piperidine rings is 1. The summed E-state index contributed by atoms with van der Waals surface area (Å²) in [6.07, 6.45) is 6.42. The molecule has 27 heavy (non-hydrogen) atoms. The lowest BCUT2D eigenvalue weighted by Gasteiger charge is -2.43. The van der Waals surface area contributed by atoms with Gasteiger partial charge in [-0.15, -0.1) is 0 Å². The van der Waals surface area contributed by atoms with Gasteiger partial charge in [-0.05, 0) is 37.1 Å². The molecule has 0 atom stereocenters. The third-order valence-electron chi connectivity index (χ3n) is 6.49. The summed E-state index contributed by atoms with van der Waals surface area (Å²) in [7, 11) is 0. The monoisotopic (exact) mass is 364 g/mol. The van der Waals surface area contributed by atoms with Gasteiger partial charge in [0.05, 0.1) is 0 Å². The van der Waals surface area contributed by atoms with E-state index in [1.807, 2.05) is 6.20 Å². The number of hydrogen-bond donors (Lipinski definition) is 0. The van der Waals surface area contributed by atoms with Gasteiger partial charge in [-0.2, -0.15) is 0 Å². The summed E-state index contributed by atoms with van der Waals surface area (Å²) in [5.41, 5.74) is 0. The van der Waals surface area contributed by atoms with Crippen LogP contribution in [0.25, 0.3) is 10.8 Å². The third-order valence-corrected chi connectivity index (χ3v) is 6.49. The van der Waals surface area contributed by atoms with Gasteiger partial charge in [0.2, 0.25) is 5.91 Å². The van der Waals surface area contributed by atoms with Gasteiger partial charge in [-0.1, -0.05) is 24.3 Å². The van der Waals surface area contributed by atoms with Crippen molar-refractivity contribution < 1.29 is 4.79 Å². The molecule has 5 nitrogen and oxygen atoms in total. The molecular formula is C22H28N4O. The molecule has 0 N–H and O–H groups in total. The summed E-state index contributed by atoms with van der Waals surface area (Å²) in [6.45, 7) is 6.14. The Balaban J connectivity index is 1.19. The van der Waals surface area contributed by atoms with Gasteiger partial charge < -0.3 is 9.80 Å². The first-order valence-electron chi connectivity index (χ1n) is 10.4. The smallest absolute Gasteiger partial charge is 0.225 e. The van der Waals surface area contributed by atoms with Crippen LogP contribution in [0.15, 0.2) is 36.5 Å². The Hall–Kier alpha value is -2.14. The zero-order valence-electron chi connectivity index (χ0n) is 15.9. The van der Waals surface area contributed by atoms with E-state index in [1.54, 1.807) is 0 Å². The lowest BCUT2D eigenvalue weighted by molar-refractivity contribution is -0.134. The van der Waals surface area contributed by atoms with Crippen molar-refractivity contribution in [3.8, 4) is 0 Å². The minimum atomic E-state index is 0.360. The summed E-state index contributed by atoms with van der Waals surface area (Å²) in [4.78, 5) is 24.1. The van der Waals surface area contributed by atoms with Gasteiger partial charge in [-0.25, -0.2) is 4.98 Å². The van der Waals surface area contributed by atoms with E-state index in [0.29, 0.717) is 17.9 Å². The third kappa shape index (κ3) is 3.41. The first-order valence-corrected chi connectivity index (χ1v) is 10.4. The van der Waals surface area contributed by atoms with Crippen molar-refractivity contribution in [2.75, 3.05) is 44.2 Å². The number of aromatic nitrogens is 1. The number of anilines is 1. The van der Waals surface area contributed by atoms with Crippen LogP contribution in [-0.4, -0.2) is 66.0 Å². The molecule has 1 aromatic carbocycles. The molecule has 2 aromatic rings. The number of amides is 1. The molecule has 1 amide bonds. The van der Waals surface area contributed by atoms with Crippen molar-refractivity contribution in [2.45, 2.75) is 31.7 Å². The SMILES string of the molecule is O=C(C1CC1)N1CCC(N2CCN(c3nccc4ccccc34)CC2)CC1. The van der Waals surface area contributed by atoms with Crippen molar-refractivity contribution in [2.24, 2.45) is 5.92 Å². The number of fused-ring (bicyclic) bond motifs is 1. The minimum absolute atomic E-state index is 0.360. The second kappa shape index (κ2) is 7.12. The maximum atomic E-state index is 12.2. The molecule has 2 saturated heterocycles. The van der Waals surface area contributed by atoms with E-state index >= 15 is 0 Å². The maximum absolute atomic E-state index is 12.2. The fraction of sp³-hybridized carbons (Fsp3) is 0.545. The summed E-state index contributed by atoms with van der Waals surface area (Å²) in [6, 6.07) is 11.2. The number of pyridine rings is 1. The van der Waals surface area contributed by atoms with Crippen molar-refractivity contribution in [3.63, 3.8) is 0 Å². The average molecular weight is 364 g/mol. The summed E-state index contributed by atoms with van der Waals surface area (Å²) < 4.78 is 0. The lowest BCUT2D eigenvalue weighted by atomic mass is 10.0. The fourth-order valence-corrected chi connectivity index (χ4v) is 4.69. The van der Waals surface area contributed by atoms with Crippen LogP contribution in [0, 0.1) is 5.92 Å². The van der Waals surface area contributed by atoms with Gasteiger partial charge in [-0.3, -0.25) is 9.69 Å². The van der Waals surface area contributed by atoms with Crippen LogP contribution in [0.1, 0.15) is 25.7 Å². The van der Waals surface area contributed by atoms with E-state index in [0.717, 1.165) is 70.8 Å². The van der Waals surface area contributed by atoms with Gasteiger partial charge in [0.15, 0.2) is 0 Å². The molecule has 0 unspecified atom stereocenters. The fourth-order valence-electron chi connectivity index (χ4n) is 4.69. The van der Waals surface area contributed by atoms with Gasteiger partial charge >= 0.3 is 0 Å². The maximum Gasteiger partial charge on any atom is 0.225 e. The molecule has 3 aliphatic rings. The minimum Gasteiger partial charge on any atom is -0.354 e. The van der Waals surface area contributed by atoms with Crippen molar-refractivity contribution in [1.82, 2.24) is 14.8 Å². The van der Waals surface area contributed by atoms with E-state index < -0.39 is 0 Å². The molecule has 5 rings (SSSR count). The Labute approximate surface area is 161 Å². The van der Waals surface area contributed by atoms with Crippen LogP contribution in [0.2, 0.25) is 0 Å². The highest BCUT2D eigenvalue weighted by atomic mass is 16.2. The molecule has 1 aliphatic carbocycles. The number of benzene rings is 1. The molecule has 1 saturated carbocycles. The molecule has 0 bridgehead atoms. The van der Waals surface area contributed by atoms with Crippen LogP contribution in [0.3, 0.4) is 0 Å². The number of likely N-dealkylation sites (tertiary alicyclic amines) is 1. The molecule has 3 fully saturated rings. The van der Waals surface area contributed by atoms with Gasteiger partial charge in [0, 0.05) is 62.8 Å².